The van der Waals surface area contributed by atoms with Gasteiger partial charge in [-0.3, -0.25) is 9.69 Å². The topological polar surface area (TPSA) is 35.6 Å². The zero-order chi connectivity index (χ0) is 13.4. The Morgan fingerprint density at radius 1 is 1.41 bits per heavy atom. The summed E-state index contributed by atoms with van der Waals surface area (Å²) < 4.78 is 0. The van der Waals surface area contributed by atoms with Crippen LogP contribution in [0.25, 0.3) is 0 Å². The summed E-state index contributed by atoms with van der Waals surface area (Å²) >= 11 is 0. The van der Waals surface area contributed by atoms with E-state index in [-0.39, 0.29) is 23.0 Å². The number of carbonyl (C=O) groups excluding carboxylic acids is 1. The average Bonchev–Trinajstić information content (AvgIpc) is 2.10. The second-order valence-corrected chi connectivity index (χ2v) is 6.62. The lowest BCUT2D eigenvalue weighted by molar-refractivity contribution is -0.155. The molecule has 4 nitrogen and oxygen atoms in total. The molecule has 4 heteroatoms. The molecule has 0 aromatic heterocycles. The maximum Gasteiger partial charge on any atom is 0.241 e. The maximum absolute atomic E-state index is 12.3. The van der Waals surface area contributed by atoms with Gasteiger partial charge < -0.3 is 10.2 Å². The number of hydrogen-bond acceptors (Lipinski definition) is 3. The van der Waals surface area contributed by atoms with Crippen molar-refractivity contribution in [1.29, 1.82) is 0 Å². The molecule has 0 saturated carbocycles. The molecule has 0 aromatic carbocycles. The predicted octanol–water partition coefficient (Wildman–Crippen LogP) is 0.926. The van der Waals surface area contributed by atoms with E-state index in [9.17, 15) is 4.79 Å². The molecule has 0 aromatic rings. The molecule has 100 valence electrons. The highest BCUT2D eigenvalue weighted by molar-refractivity contribution is 5.83. The predicted molar refractivity (Wildman–Crippen MR) is 71.0 cm³/mol. The van der Waals surface area contributed by atoms with Crippen molar-refractivity contribution in [1.82, 2.24) is 15.1 Å². The van der Waals surface area contributed by atoms with Gasteiger partial charge in [0.2, 0.25) is 5.91 Å². The van der Waals surface area contributed by atoms with Gasteiger partial charge in [0, 0.05) is 31.2 Å². The summed E-state index contributed by atoms with van der Waals surface area (Å²) in [4.78, 5) is 16.5. The van der Waals surface area contributed by atoms with E-state index in [4.69, 9.17) is 0 Å². The van der Waals surface area contributed by atoms with E-state index in [1.807, 2.05) is 19.0 Å². The van der Waals surface area contributed by atoms with Gasteiger partial charge in [-0.05, 0) is 41.7 Å². The SMILES string of the molecule is CNCC1C(=O)N(C)CC(C)(C)N1C(C)(C)C. The first-order valence-electron chi connectivity index (χ1n) is 6.30. The summed E-state index contributed by atoms with van der Waals surface area (Å²) in [6.07, 6.45) is 0. The lowest BCUT2D eigenvalue weighted by Gasteiger charge is -2.56. The van der Waals surface area contributed by atoms with Crippen molar-refractivity contribution < 1.29 is 4.79 Å². The number of rotatable bonds is 2. The second kappa shape index (κ2) is 4.58. The quantitative estimate of drug-likeness (QED) is 0.781. The van der Waals surface area contributed by atoms with Crippen LogP contribution in [0.3, 0.4) is 0 Å². The number of piperazine rings is 1. The molecule has 17 heavy (non-hydrogen) atoms. The molecule has 1 rings (SSSR count). The van der Waals surface area contributed by atoms with Crippen molar-refractivity contribution >= 4 is 5.91 Å². The van der Waals surface area contributed by atoms with Gasteiger partial charge in [-0.2, -0.15) is 0 Å². The van der Waals surface area contributed by atoms with Crippen LogP contribution >= 0.6 is 0 Å². The zero-order valence-corrected chi connectivity index (χ0v) is 12.3. The fourth-order valence-electron chi connectivity index (χ4n) is 3.27. The summed E-state index contributed by atoms with van der Waals surface area (Å²) in [7, 11) is 3.79. The van der Waals surface area contributed by atoms with Crippen LogP contribution in [0.2, 0.25) is 0 Å². The normalized spacial score (nSPS) is 26.4. The highest BCUT2D eigenvalue weighted by Crippen LogP contribution is 2.32. The first-order chi connectivity index (χ1) is 7.61. The smallest absolute Gasteiger partial charge is 0.241 e. The van der Waals surface area contributed by atoms with Gasteiger partial charge in [0.1, 0.15) is 6.04 Å². The minimum atomic E-state index is -0.0752. The molecule has 1 heterocycles. The molecular weight excluding hydrogens is 214 g/mol. The Morgan fingerprint density at radius 2 is 1.94 bits per heavy atom. The summed E-state index contributed by atoms with van der Waals surface area (Å²) in [5.41, 5.74) is -0.00956. The van der Waals surface area contributed by atoms with Crippen molar-refractivity contribution in [3.63, 3.8) is 0 Å². The third kappa shape index (κ3) is 2.80. The molecule has 1 aliphatic heterocycles. The number of nitrogens with zero attached hydrogens (tertiary/aromatic N) is 2. The fraction of sp³-hybridized carbons (Fsp3) is 0.923. The van der Waals surface area contributed by atoms with Crippen LogP contribution in [-0.4, -0.2) is 60.0 Å². The second-order valence-electron chi connectivity index (χ2n) is 6.62. The lowest BCUT2D eigenvalue weighted by Crippen LogP contribution is -2.71. The Kier molecular flexibility index (Phi) is 3.89. The minimum Gasteiger partial charge on any atom is -0.343 e. The Balaban J connectivity index is 3.12. The highest BCUT2D eigenvalue weighted by atomic mass is 16.2. The Bertz CT molecular complexity index is 294. The number of amides is 1. The first-order valence-corrected chi connectivity index (χ1v) is 6.30. The van der Waals surface area contributed by atoms with Crippen LogP contribution in [0.15, 0.2) is 0 Å². The van der Waals surface area contributed by atoms with E-state index >= 15 is 0 Å². The summed E-state index contributed by atoms with van der Waals surface area (Å²) in [5, 5.41) is 3.14. The van der Waals surface area contributed by atoms with Gasteiger partial charge in [0.25, 0.3) is 0 Å². The Morgan fingerprint density at radius 3 is 2.35 bits per heavy atom. The number of hydrogen-bond donors (Lipinski definition) is 1. The molecule has 0 bridgehead atoms. The molecule has 1 N–H and O–H groups in total. The minimum absolute atomic E-state index is 0.00241. The van der Waals surface area contributed by atoms with Crippen molar-refractivity contribution in [2.24, 2.45) is 0 Å². The summed E-state index contributed by atoms with van der Waals surface area (Å²) in [6, 6.07) is -0.0752. The van der Waals surface area contributed by atoms with Crippen LogP contribution in [-0.2, 0) is 4.79 Å². The molecule has 1 aliphatic rings. The van der Waals surface area contributed by atoms with E-state index in [0.29, 0.717) is 6.54 Å². The van der Waals surface area contributed by atoms with Crippen LogP contribution in [0, 0.1) is 0 Å². The molecular formula is C13H27N3O. The van der Waals surface area contributed by atoms with Crippen molar-refractivity contribution in [3.05, 3.63) is 0 Å². The van der Waals surface area contributed by atoms with Gasteiger partial charge in [-0.1, -0.05) is 0 Å². The lowest BCUT2D eigenvalue weighted by atomic mass is 9.87. The van der Waals surface area contributed by atoms with E-state index in [0.717, 1.165) is 6.54 Å². The molecule has 1 unspecified atom stereocenters. The Hall–Kier alpha value is -0.610. The average molecular weight is 241 g/mol. The third-order valence-electron chi connectivity index (χ3n) is 3.37. The molecule has 1 atom stereocenters. The fourth-order valence-corrected chi connectivity index (χ4v) is 3.27. The third-order valence-corrected chi connectivity index (χ3v) is 3.37. The molecule has 1 fully saturated rings. The van der Waals surface area contributed by atoms with Gasteiger partial charge >= 0.3 is 0 Å². The standard InChI is InChI=1S/C13H27N3O/c1-12(2,3)16-10(8-14-6)11(17)15(7)9-13(16,4)5/h10,14H,8-9H2,1-7H3. The monoisotopic (exact) mass is 241 g/mol. The van der Waals surface area contributed by atoms with Crippen molar-refractivity contribution in [2.75, 3.05) is 27.2 Å². The van der Waals surface area contributed by atoms with Gasteiger partial charge in [0.05, 0.1) is 0 Å². The van der Waals surface area contributed by atoms with Crippen LogP contribution in [0.5, 0.6) is 0 Å². The van der Waals surface area contributed by atoms with E-state index in [2.05, 4.69) is 44.8 Å². The number of nitrogens with one attached hydrogen (secondary N) is 1. The number of carbonyl (C=O) groups is 1. The van der Waals surface area contributed by atoms with Gasteiger partial charge in [-0.15, -0.1) is 0 Å². The van der Waals surface area contributed by atoms with Crippen LogP contribution < -0.4 is 5.32 Å². The summed E-state index contributed by atoms with van der Waals surface area (Å²) in [5.74, 6) is 0.216. The zero-order valence-electron chi connectivity index (χ0n) is 12.3. The molecule has 0 spiro atoms. The molecule has 1 amide bonds. The summed E-state index contributed by atoms with van der Waals surface area (Å²) in [6.45, 7) is 12.4. The Labute approximate surface area is 105 Å². The van der Waals surface area contributed by atoms with E-state index in [1.54, 1.807) is 0 Å². The molecule has 0 aliphatic carbocycles. The van der Waals surface area contributed by atoms with Crippen molar-refractivity contribution in [3.8, 4) is 0 Å². The number of likely N-dealkylation sites (N-methyl/N-ethyl adjacent to an activating group) is 2. The van der Waals surface area contributed by atoms with E-state index < -0.39 is 0 Å². The van der Waals surface area contributed by atoms with Gasteiger partial charge in [0.15, 0.2) is 0 Å². The molecule has 1 saturated heterocycles. The van der Waals surface area contributed by atoms with Crippen LogP contribution in [0.4, 0.5) is 0 Å². The first kappa shape index (κ1) is 14.5. The van der Waals surface area contributed by atoms with Crippen molar-refractivity contribution in [2.45, 2.75) is 51.7 Å². The highest BCUT2D eigenvalue weighted by Gasteiger charge is 2.47. The van der Waals surface area contributed by atoms with Gasteiger partial charge in [-0.25, -0.2) is 0 Å². The molecule has 0 radical (unpaired) electrons. The van der Waals surface area contributed by atoms with E-state index in [1.165, 1.54) is 0 Å². The maximum atomic E-state index is 12.3. The van der Waals surface area contributed by atoms with Crippen LogP contribution in [0.1, 0.15) is 34.6 Å². The largest absolute Gasteiger partial charge is 0.343 e.